The third-order valence-electron chi connectivity index (χ3n) is 5.93. The lowest BCUT2D eigenvalue weighted by Crippen LogP contribution is -2.36. The van der Waals surface area contributed by atoms with E-state index in [0.717, 1.165) is 53.9 Å². The predicted molar refractivity (Wildman–Crippen MR) is 120 cm³/mol. The number of hydrogen-bond donors (Lipinski definition) is 1. The van der Waals surface area contributed by atoms with Gasteiger partial charge in [-0.1, -0.05) is 19.3 Å². The van der Waals surface area contributed by atoms with E-state index in [1.54, 1.807) is 18.2 Å². The molecule has 1 aliphatic carbocycles. The van der Waals surface area contributed by atoms with Gasteiger partial charge in [0.05, 0.1) is 12.7 Å². The molecule has 1 saturated carbocycles. The fourth-order valence-electron chi connectivity index (χ4n) is 4.27. The molecule has 1 aromatic carbocycles. The van der Waals surface area contributed by atoms with Crippen LogP contribution in [0.15, 0.2) is 29.8 Å². The molecule has 0 radical (unpaired) electrons. The maximum atomic E-state index is 12.7. The number of ether oxygens (including phenoxy) is 1. The molecule has 6 heteroatoms. The largest absolute Gasteiger partial charge is 0.465 e. The van der Waals surface area contributed by atoms with E-state index in [1.807, 2.05) is 32.9 Å². The summed E-state index contributed by atoms with van der Waals surface area (Å²) in [4.78, 5) is 24.5. The number of hydrogen-bond acceptors (Lipinski definition) is 4. The van der Waals surface area contributed by atoms with E-state index < -0.39 is 0 Å². The zero-order chi connectivity index (χ0) is 22.5. The van der Waals surface area contributed by atoms with Crippen LogP contribution in [-0.4, -0.2) is 29.6 Å². The topological polar surface area (TPSA) is 84.1 Å². The van der Waals surface area contributed by atoms with Gasteiger partial charge in [0.2, 0.25) is 0 Å². The minimum absolute atomic E-state index is 0.114. The van der Waals surface area contributed by atoms with Crippen LogP contribution in [-0.2, 0) is 9.53 Å². The van der Waals surface area contributed by atoms with Crippen molar-refractivity contribution in [2.45, 2.75) is 58.9 Å². The zero-order valence-electron chi connectivity index (χ0n) is 18.6. The van der Waals surface area contributed by atoms with Crippen LogP contribution < -0.4 is 5.32 Å². The van der Waals surface area contributed by atoms with Gasteiger partial charge in [0.1, 0.15) is 11.6 Å². The number of rotatable bonds is 5. The van der Waals surface area contributed by atoms with Gasteiger partial charge in [0.15, 0.2) is 0 Å². The van der Waals surface area contributed by atoms with Gasteiger partial charge in [-0.3, -0.25) is 4.79 Å². The Labute approximate surface area is 183 Å². The van der Waals surface area contributed by atoms with Crippen molar-refractivity contribution in [2.75, 3.05) is 7.11 Å². The zero-order valence-corrected chi connectivity index (χ0v) is 18.6. The molecular formula is C25H29N3O3. The molecule has 2 aromatic rings. The quantitative estimate of drug-likeness (QED) is 0.438. The van der Waals surface area contributed by atoms with Crippen LogP contribution in [0.1, 0.15) is 65.0 Å². The number of aryl methyl sites for hydroxylation is 2. The van der Waals surface area contributed by atoms with Crippen LogP contribution >= 0.6 is 0 Å². The van der Waals surface area contributed by atoms with E-state index in [-0.39, 0.29) is 23.5 Å². The summed E-state index contributed by atoms with van der Waals surface area (Å²) in [7, 11) is 1.36. The molecule has 0 atom stereocenters. The fourth-order valence-corrected chi connectivity index (χ4v) is 4.27. The molecule has 0 spiro atoms. The SMILES string of the molecule is COC(=O)c1ccc(-n2c(C)cc(/C=C(/C#N)C(=O)NC3CCCCC3)c2C)c(C)c1. The third-order valence-corrected chi connectivity index (χ3v) is 5.93. The second kappa shape index (κ2) is 9.65. The predicted octanol–water partition coefficient (Wildman–Crippen LogP) is 4.55. The van der Waals surface area contributed by atoms with Gasteiger partial charge in [-0.2, -0.15) is 5.26 Å². The number of nitrogens with zero attached hydrogens (tertiary/aromatic N) is 2. The molecule has 0 saturated heterocycles. The second-order valence-corrected chi connectivity index (χ2v) is 8.13. The number of benzene rings is 1. The Morgan fingerprint density at radius 1 is 1.16 bits per heavy atom. The van der Waals surface area contributed by atoms with E-state index in [2.05, 4.69) is 16.0 Å². The van der Waals surface area contributed by atoms with E-state index in [4.69, 9.17) is 4.74 Å². The standard InChI is InChI=1S/C25H29N3O3/c1-16-12-19(25(30)31-4)10-11-23(16)28-17(2)13-20(18(28)3)14-21(15-26)24(29)27-22-8-6-5-7-9-22/h10-14,22H,5-9H2,1-4H3,(H,27,29)/b21-14-. The average Bonchev–Trinajstić information content (AvgIpc) is 3.04. The molecule has 1 amide bonds. The maximum Gasteiger partial charge on any atom is 0.337 e. The van der Waals surface area contributed by atoms with Gasteiger partial charge in [-0.05, 0) is 75.1 Å². The van der Waals surface area contributed by atoms with E-state index in [0.29, 0.717) is 5.56 Å². The first-order valence-electron chi connectivity index (χ1n) is 10.7. The molecule has 0 unspecified atom stereocenters. The van der Waals surface area contributed by atoms with Crippen LogP contribution in [0.25, 0.3) is 11.8 Å². The van der Waals surface area contributed by atoms with Gasteiger partial charge in [0.25, 0.3) is 5.91 Å². The Morgan fingerprint density at radius 2 is 1.87 bits per heavy atom. The summed E-state index contributed by atoms with van der Waals surface area (Å²) < 4.78 is 6.87. The highest BCUT2D eigenvalue weighted by Gasteiger charge is 2.19. The molecule has 162 valence electrons. The van der Waals surface area contributed by atoms with E-state index in [1.165, 1.54) is 13.5 Å². The third kappa shape index (κ3) is 4.88. The van der Waals surface area contributed by atoms with Crippen LogP contribution in [0.4, 0.5) is 0 Å². The highest BCUT2D eigenvalue weighted by Crippen LogP contribution is 2.26. The van der Waals surface area contributed by atoms with Crippen LogP contribution in [0.5, 0.6) is 0 Å². The molecule has 6 nitrogen and oxygen atoms in total. The summed E-state index contributed by atoms with van der Waals surface area (Å²) in [5.41, 5.74) is 5.20. The Kier molecular flexibility index (Phi) is 6.96. The molecular weight excluding hydrogens is 390 g/mol. The number of amides is 1. The number of nitrogens with one attached hydrogen (secondary N) is 1. The minimum Gasteiger partial charge on any atom is -0.465 e. The number of aromatic nitrogens is 1. The van der Waals surface area contributed by atoms with Crippen molar-refractivity contribution in [1.29, 1.82) is 5.26 Å². The maximum absolute atomic E-state index is 12.7. The van der Waals surface area contributed by atoms with E-state index in [9.17, 15) is 14.9 Å². The van der Waals surface area contributed by atoms with E-state index >= 15 is 0 Å². The lowest BCUT2D eigenvalue weighted by atomic mass is 9.95. The monoisotopic (exact) mass is 419 g/mol. The van der Waals surface area contributed by atoms with Crippen LogP contribution in [0.2, 0.25) is 0 Å². The molecule has 1 fully saturated rings. The highest BCUT2D eigenvalue weighted by molar-refractivity contribution is 6.02. The second-order valence-electron chi connectivity index (χ2n) is 8.13. The Morgan fingerprint density at radius 3 is 2.48 bits per heavy atom. The van der Waals surface area contributed by atoms with Crippen molar-refractivity contribution in [3.05, 3.63) is 57.9 Å². The van der Waals surface area contributed by atoms with Crippen molar-refractivity contribution in [2.24, 2.45) is 0 Å². The summed E-state index contributed by atoms with van der Waals surface area (Å²) in [5.74, 6) is -0.681. The molecule has 1 heterocycles. The van der Waals surface area contributed by atoms with Crippen molar-refractivity contribution < 1.29 is 14.3 Å². The normalized spacial score (nSPS) is 14.7. The van der Waals surface area contributed by atoms with Gasteiger partial charge in [-0.15, -0.1) is 0 Å². The lowest BCUT2D eigenvalue weighted by molar-refractivity contribution is -0.117. The van der Waals surface area contributed by atoms with Crippen LogP contribution in [0, 0.1) is 32.1 Å². The molecule has 1 N–H and O–H groups in total. The first kappa shape index (κ1) is 22.4. The summed E-state index contributed by atoms with van der Waals surface area (Å²) in [6, 6.07) is 9.60. The Bertz CT molecular complexity index is 1070. The first-order chi connectivity index (χ1) is 14.8. The van der Waals surface area contributed by atoms with Crippen molar-refractivity contribution in [3.63, 3.8) is 0 Å². The molecule has 0 aliphatic heterocycles. The average molecular weight is 420 g/mol. The number of carbonyl (C=O) groups is 2. The summed E-state index contributed by atoms with van der Waals surface area (Å²) >= 11 is 0. The highest BCUT2D eigenvalue weighted by atomic mass is 16.5. The summed E-state index contributed by atoms with van der Waals surface area (Å²) in [6.45, 7) is 5.88. The van der Waals surface area contributed by atoms with Crippen LogP contribution in [0.3, 0.4) is 0 Å². The van der Waals surface area contributed by atoms with Gasteiger partial charge < -0.3 is 14.6 Å². The molecule has 1 aliphatic rings. The molecule has 3 rings (SSSR count). The number of methoxy groups -OCH3 is 1. The van der Waals surface area contributed by atoms with Crippen molar-refractivity contribution >= 4 is 18.0 Å². The van der Waals surface area contributed by atoms with Gasteiger partial charge >= 0.3 is 5.97 Å². The lowest BCUT2D eigenvalue weighted by Gasteiger charge is -2.22. The summed E-state index contributed by atoms with van der Waals surface area (Å²) in [5, 5.41) is 12.6. The van der Waals surface area contributed by atoms with Crippen molar-refractivity contribution in [3.8, 4) is 11.8 Å². The first-order valence-corrected chi connectivity index (χ1v) is 10.7. The molecule has 1 aromatic heterocycles. The molecule has 31 heavy (non-hydrogen) atoms. The summed E-state index contributed by atoms with van der Waals surface area (Å²) in [6.07, 6.45) is 7.05. The van der Waals surface area contributed by atoms with Gasteiger partial charge in [-0.25, -0.2) is 4.79 Å². The Hall–Kier alpha value is -3.33. The Balaban J connectivity index is 1.90. The van der Waals surface area contributed by atoms with Gasteiger partial charge in [0, 0.05) is 23.1 Å². The molecule has 0 bridgehead atoms. The minimum atomic E-state index is -0.373. The smallest absolute Gasteiger partial charge is 0.337 e. The number of esters is 1. The van der Waals surface area contributed by atoms with Crippen molar-refractivity contribution in [1.82, 2.24) is 9.88 Å². The number of nitriles is 1. The number of carbonyl (C=O) groups excluding carboxylic acids is 2. The fraction of sp³-hybridized carbons (Fsp3) is 0.400.